The Balaban J connectivity index is 1.20. The molecule has 1 amide bonds. The molecule has 0 spiro atoms. The lowest BCUT2D eigenvalue weighted by molar-refractivity contribution is -0.113. The highest BCUT2D eigenvalue weighted by Crippen LogP contribution is 2.35. The number of thioether (sulfide) groups is 1. The van der Waals surface area contributed by atoms with Gasteiger partial charge in [0.15, 0.2) is 11.5 Å². The predicted octanol–water partition coefficient (Wildman–Crippen LogP) is 5.22. The van der Waals surface area contributed by atoms with E-state index in [0.29, 0.717) is 41.1 Å². The summed E-state index contributed by atoms with van der Waals surface area (Å²) >= 11 is 2.78. The molecule has 0 fully saturated rings. The number of halogens is 1. The van der Waals surface area contributed by atoms with Crippen molar-refractivity contribution in [2.24, 2.45) is 0 Å². The van der Waals surface area contributed by atoms with E-state index in [-0.39, 0.29) is 17.5 Å². The van der Waals surface area contributed by atoms with Crippen molar-refractivity contribution in [2.45, 2.75) is 11.9 Å². The van der Waals surface area contributed by atoms with Crippen LogP contribution in [0.15, 0.2) is 59.6 Å². The lowest BCUT2D eigenvalue weighted by Gasteiger charge is -2.18. The molecule has 0 bridgehead atoms. The van der Waals surface area contributed by atoms with Crippen LogP contribution in [-0.2, 0) is 4.79 Å². The Labute approximate surface area is 203 Å². The van der Waals surface area contributed by atoms with Gasteiger partial charge in [0, 0.05) is 17.3 Å². The third-order valence-electron chi connectivity index (χ3n) is 4.94. The SMILES string of the molecule is Cc1nc(-c2ccc(F)cc2)sc1-c1ccc(SCC(=O)Nc2ccc3c(c2)OCCO3)nn1. The van der Waals surface area contributed by atoms with Crippen molar-refractivity contribution in [1.82, 2.24) is 15.2 Å². The van der Waals surface area contributed by atoms with Crippen LogP contribution in [0.1, 0.15) is 5.69 Å². The van der Waals surface area contributed by atoms with Crippen molar-refractivity contribution in [3.05, 3.63) is 66.1 Å². The van der Waals surface area contributed by atoms with Gasteiger partial charge >= 0.3 is 0 Å². The first-order chi connectivity index (χ1) is 16.5. The Kier molecular flexibility index (Phi) is 6.41. The summed E-state index contributed by atoms with van der Waals surface area (Å²) in [4.78, 5) is 17.9. The molecule has 34 heavy (non-hydrogen) atoms. The van der Waals surface area contributed by atoms with Gasteiger partial charge in [0.25, 0.3) is 0 Å². The Morgan fingerprint density at radius 1 is 1.06 bits per heavy atom. The molecule has 0 radical (unpaired) electrons. The summed E-state index contributed by atoms with van der Waals surface area (Å²) in [5.41, 5.74) is 3.03. The number of rotatable bonds is 6. The second-order valence-corrected chi connectivity index (χ2v) is 9.39. The standard InChI is InChI=1S/C24H19FN4O3S2/c1-14-23(34-24(26-14)15-2-4-16(25)5-3-15)18-7-9-22(29-28-18)33-13-21(30)27-17-6-8-19-20(12-17)32-11-10-31-19/h2-9,12H,10-11,13H2,1H3,(H,27,30). The third kappa shape index (κ3) is 5.02. The molecule has 0 saturated heterocycles. The van der Waals surface area contributed by atoms with Gasteiger partial charge in [-0.1, -0.05) is 11.8 Å². The van der Waals surface area contributed by atoms with Crippen LogP contribution in [0.25, 0.3) is 21.1 Å². The predicted molar refractivity (Wildman–Crippen MR) is 130 cm³/mol. The van der Waals surface area contributed by atoms with Crippen LogP contribution >= 0.6 is 23.1 Å². The zero-order valence-corrected chi connectivity index (χ0v) is 19.7. The molecule has 5 rings (SSSR count). The van der Waals surface area contributed by atoms with E-state index in [0.717, 1.165) is 21.1 Å². The number of nitrogens with one attached hydrogen (secondary N) is 1. The van der Waals surface area contributed by atoms with Gasteiger partial charge in [-0.15, -0.1) is 21.5 Å². The summed E-state index contributed by atoms with van der Waals surface area (Å²) in [7, 11) is 0. The van der Waals surface area contributed by atoms with Gasteiger partial charge in [0.2, 0.25) is 5.91 Å². The van der Waals surface area contributed by atoms with Gasteiger partial charge in [-0.3, -0.25) is 4.79 Å². The van der Waals surface area contributed by atoms with Gasteiger partial charge in [-0.2, -0.15) is 0 Å². The maximum atomic E-state index is 13.2. The second kappa shape index (κ2) is 9.78. The summed E-state index contributed by atoms with van der Waals surface area (Å²) in [6.45, 7) is 2.92. The highest BCUT2D eigenvalue weighted by atomic mass is 32.2. The van der Waals surface area contributed by atoms with Crippen LogP contribution in [0, 0.1) is 12.7 Å². The van der Waals surface area contributed by atoms with Gasteiger partial charge in [-0.05, 0) is 55.5 Å². The molecule has 7 nitrogen and oxygen atoms in total. The maximum absolute atomic E-state index is 13.2. The lowest BCUT2D eigenvalue weighted by atomic mass is 10.2. The number of carbonyl (C=O) groups is 1. The smallest absolute Gasteiger partial charge is 0.234 e. The molecule has 0 atom stereocenters. The summed E-state index contributed by atoms with van der Waals surface area (Å²) in [5.74, 6) is 1.05. The number of aryl methyl sites for hydroxylation is 1. The van der Waals surface area contributed by atoms with Crippen LogP contribution < -0.4 is 14.8 Å². The van der Waals surface area contributed by atoms with E-state index < -0.39 is 0 Å². The largest absolute Gasteiger partial charge is 0.486 e. The molecular weight excluding hydrogens is 475 g/mol. The van der Waals surface area contributed by atoms with E-state index >= 15 is 0 Å². The molecule has 2 aromatic heterocycles. The van der Waals surface area contributed by atoms with Crippen molar-refractivity contribution >= 4 is 34.7 Å². The van der Waals surface area contributed by atoms with Crippen molar-refractivity contribution < 1.29 is 18.7 Å². The fourth-order valence-corrected chi connectivity index (χ4v) is 4.98. The average Bonchev–Trinajstić information content (AvgIpc) is 3.25. The third-order valence-corrected chi connectivity index (χ3v) is 7.09. The maximum Gasteiger partial charge on any atom is 0.234 e. The second-order valence-electron chi connectivity index (χ2n) is 7.39. The fraction of sp³-hybridized carbons (Fsp3) is 0.167. The molecule has 1 aliphatic heterocycles. The van der Waals surface area contributed by atoms with Gasteiger partial charge in [-0.25, -0.2) is 9.37 Å². The topological polar surface area (TPSA) is 86.2 Å². The van der Waals surface area contributed by atoms with Crippen LogP contribution in [0.2, 0.25) is 0 Å². The summed E-state index contributed by atoms with van der Waals surface area (Å²) in [6, 6.07) is 15.3. The molecule has 0 saturated carbocycles. The number of nitrogens with zero attached hydrogens (tertiary/aromatic N) is 3. The number of hydrogen-bond donors (Lipinski definition) is 1. The first kappa shape index (κ1) is 22.3. The fourth-order valence-electron chi connectivity index (χ4n) is 3.33. The quantitative estimate of drug-likeness (QED) is 0.368. The van der Waals surface area contributed by atoms with Crippen molar-refractivity contribution in [3.63, 3.8) is 0 Å². The zero-order chi connectivity index (χ0) is 23.5. The van der Waals surface area contributed by atoms with E-state index in [9.17, 15) is 9.18 Å². The monoisotopic (exact) mass is 494 g/mol. The number of benzene rings is 2. The molecule has 1 N–H and O–H groups in total. The number of carbonyl (C=O) groups excluding carboxylic acids is 1. The van der Waals surface area contributed by atoms with Gasteiger partial charge in [0.05, 0.1) is 16.3 Å². The van der Waals surface area contributed by atoms with E-state index in [4.69, 9.17) is 9.47 Å². The number of hydrogen-bond acceptors (Lipinski definition) is 8. The van der Waals surface area contributed by atoms with Gasteiger partial charge in [0.1, 0.15) is 34.8 Å². The number of fused-ring (bicyclic) bond motifs is 1. The highest BCUT2D eigenvalue weighted by Gasteiger charge is 2.15. The zero-order valence-electron chi connectivity index (χ0n) is 18.1. The Morgan fingerprint density at radius 2 is 1.85 bits per heavy atom. The van der Waals surface area contributed by atoms with E-state index in [1.54, 1.807) is 30.3 Å². The highest BCUT2D eigenvalue weighted by molar-refractivity contribution is 7.99. The summed E-state index contributed by atoms with van der Waals surface area (Å²) in [6.07, 6.45) is 0. The van der Waals surface area contributed by atoms with Crippen molar-refractivity contribution in [2.75, 3.05) is 24.3 Å². The van der Waals surface area contributed by atoms with E-state index in [1.807, 2.05) is 19.1 Å². The Bertz CT molecular complexity index is 1330. The van der Waals surface area contributed by atoms with Crippen LogP contribution in [0.5, 0.6) is 11.5 Å². The minimum atomic E-state index is -0.281. The number of thiazole rings is 1. The van der Waals surface area contributed by atoms with Crippen LogP contribution in [0.4, 0.5) is 10.1 Å². The molecule has 1 aliphatic rings. The van der Waals surface area contributed by atoms with Crippen LogP contribution in [-0.4, -0.2) is 40.1 Å². The Hall–Kier alpha value is -3.50. The van der Waals surface area contributed by atoms with Crippen molar-refractivity contribution in [3.8, 4) is 32.6 Å². The van der Waals surface area contributed by atoms with Crippen LogP contribution in [0.3, 0.4) is 0 Å². The van der Waals surface area contributed by atoms with E-state index in [1.165, 1.54) is 35.2 Å². The summed E-state index contributed by atoms with van der Waals surface area (Å²) < 4.78 is 24.2. The summed E-state index contributed by atoms with van der Waals surface area (Å²) in [5, 5.41) is 12.9. The molecule has 10 heteroatoms. The number of ether oxygens (including phenoxy) is 2. The minimum Gasteiger partial charge on any atom is -0.486 e. The normalized spacial score (nSPS) is 12.4. The number of anilines is 1. The molecule has 3 heterocycles. The first-order valence-corrected chi connectivity index (χ1v) is 12.2. The number of amides is 1. The first-order valence-electron chi connectivity index (χ1n) is 10.4. The molecule has 2 aromatic carbocycles. The minimum absolute atomic E-state index is 0.158. The molecule has 172 valence electrons. The van der Waals surface area contributed by atoms with Crippen molar-refractivity contribution in [1.29, 1.82) is 0 Å². The Morgan fingerprint density at radius 3 is 2.62 bits per heavy atom. The molecule has 4 aromatic rings. The molecule has 0 aliphatic carbocycles. The van der Waals surface area contributed by atoms with E-state index in [2.05, 4.69) is 20.5 Å². The lowest BCUT2D eigenvalue weighted by Crippen LogP contribution is -2.17. The molecular formula is C24H19FN4O3S2. The average molecular weight is 495 g/mol. The number of aromatic nitrogens is 3. The van der Waals surface area contributed by atoms with Gasteiger partial charge < -0.3 is 14.8 Å². The molecule has 0 unspecified atom stereocenters.